The highest BCUT2D eigenvalue weighted by molar-refractivity contribution is 5.68. The normalized spacial score (nSPS) is 18.8. The van der Waals surface area contributed by atoms with E-state index >= 15 is 0 Å². The smallest absolute Gasteiger partial charge is 0.410 e. The number of piperidine rings is 1. The number of hydrogen-bond acceptors (Lipinski definition) is 4. The third kappa shape index (κ3) is 7.53. The topological polar surface area (TPSA) is 50.8 Å². The zero-order chi connectivity index (χ0) is 17.7. The Hall–Kier alpha value is -0.810. The van der Waals surface area contributed by atoms with Gasteiger partial charge in [0.05, 0.1) is 5.60 Å². The fourth-order valence-electron chi connectivity index (χ4n) is 2.61. The van der Waals surface area contributed by atoms with Crippen LogP contribution in [0.2, 0.25) is 0 Å². The molecule has 0 spiro atoms. The molecule has 1 aliphatic rings. The van der Waals surface area contributed by atoms with Crippen LogP contribution < -0.4 is 5.32 Å². The molecule has 1 saturated heterocycles. The molecule has 1 fully saturated rings. The lowest BCUT2D eigenvalue weighted by molar-refractivity contribution is 0.00900. The van der Waals surface area contributed by atoms with Crippen LogP contribution in [0.25, 0.3) is 0 Å². The summed E-state index contributed by atoms with van der Waals surface area (Å²) in [5, 5.41) is 3.55. The van der Waals surface area contributed by atoms with E-state index in [4.69, 9.17) is 9.47 Å². The number of carbonyl (C=O) groups excluding carboxylic acids is 1. The summed E-state index contributed by atoms with van der Waals surface area (Å²) in [6.45, 7) is 15.7. The molecule has 0 atom stereocenters. The Morgan fingerprint density at radius 3 is 2.22 bits per heavy atom. The van der Waals surface area contributed by atoms with Crippen LogP contribution >= 0.6 is 0 Å². The third-order valence-electron chi connectivity index (χ3n) is 4.63. The molecule has 0 bridgehead atoms. The first-order valence-corrected chi connectivity index (χ1v) is 8.70. The van der Waals surface area contributed by atoms with Gasteiger partial charge in [0.2, 0.25) is 0 Å². The van der Waals surface area contributed by atoms with Crippen LogP contribution in [-0.4, -0.2) is 55.5 Å². The van der Waals surface area contributed by atoms with Crippen molar-refractivity contribution in [1.82, 2.24) is 10.2 Å². The average Bonchev–Trinajstić information content (AvgIpc) is 2.43. The lowest BCUT2D eigenvalue weighted by atomic mass is 9.80. The summed E-state index contributed by atoms with van der Waals surface area (Å²) in [6, 6.07) is 0. The van der Waals surface area contributed by atoms with E-state index < -0.39 is 5.60 Å². The highest BCUT2D eigenvalue weighted by Gasteiger charge is 2.33. The minimum absolute atomic E-state index is 0.0754. The average molecular weight is 328 g/mol. The molecule has 136 valence electrons. The lowest BCUT2D eigenvalue weighted by Crippen LogP contribution is -2.47. The minimum Gasteiger partial charge on any atom is -0.444 e. The number of methoxy groups -OCH3 is 1. The molecular formula is C18H36N2O3. The van der Waals surface area contributed by atoms with Crippen LogP contribution in [0.1, 0.15) is 60.8 Å². The molecule has 5 heteroatoms. The Morgan fingerprint density at radius 2 is 1.74 bits per heavy atom. The molecule has 0 saturated carbocycles. The van der Waals surface area contributed by atoms with Crippen LogP contribution in [0, 0.1) is 5.41 Å². The van der Waals surface area contributed by atoms with E-state index in [1.165, 1.54) is 0 Å². The molecule has 0 aliphatic carbocycles. The lowest BCUT2D eigenvalue weighted by Gasteiger charge is -2.40. The van der Waals surface area contributed by atoms with Gasteiger partial charge in [-0.05, 0) is 65.8 Å². The summed E-state index contributed by atoms with van der Waals surface area (Å²) in [4.78, 5) is 13.9. The van der Waals surface area contributed by atoms with Crippen molar-refractivity contribution in [3.8, 4) is 0 Å². The van der Waals surface area contributed by atoms with Gasteiger partial charge in [-0.25, -0.2) is 4.79 Å². The van der Waals surface area contributed by atoms with Gasteiger partial charge >= 0.3 is 6.09 Å². The van der Waals surface area contributed by atoms with E-state index in [2.05, 4.69) is 26.1 Å². The maximum Gasteiger partial charge on any atom is 0.410 e. The van der Waals surface area contributed by atoms with Crippen LogP contribution in [0.15, 0.2) is 0 Å². The number of hydrogen-bond donors (Lipinski definition) is 1. The Labute approximate surface area is 142 Å². The number of ether oxygens (including phenoxy) is 2. The van der Waals surface area contributed by atoms with Gasteiger partial charge < -0.3 is 19.7 Å². The fourth-order valence-corrected chi connectivity index (χ4v) is 2.61. The minimum atomic E-state index is -0.423. The van der Waals surface area contributed by atoms with E-state index in [9.17, 15) is 4.79 Å². The van der Waals surface area contributed by atoms with Crippen molar-refractivity contribution in [2.75, 3.05) is 33.3 Å². The van der Waals surface area contributed by atoms with Crippen LogP contribution in [0.5, 0.6) is 0 Å². The Balaban J connectivity index is 2.32. The van der Waals surface area contributed by atoms with Crippen molar-refractivity contribution in [2.45, 2.75) is 72.0 Å². The molecule has 1 amide bonds. The molecule has 0 radical (unpaired) electrons. The van der Waals surface area contributed by atoms with Gasteiger partial charge in [-0.3, -0.25) is 0 Å². The second-order valence-electron chi connectivity index (χ2n) is 8.67. The summed E-state index contributed by atoms with van der Waals surface area (Å²) >= 11 is 0. The van der Waals surface area contributed by atoms with Crippen molar-refractivity contribution in [1.29, 1.82) is 0 Å². The quantitative estimate of drug-likeness (QED) is 0.759. The summed E-state index contributed by atoms with van der Waals surface area (Å²) in [7, 11) is 1.76. The standard InChI is InChI=1S/C18H36N2O3/c1-16(2,3)23-15(21)20-12-9-18(6,10-13-20)14-19-11-8-17(4,5)22-7/h19H,8-14H2,1-7H3. The first-order chi connectivity index (χ1) is 10.5. The largest absolute Gasteiger partial charge is 0.444 e. The zero-order valence-electron chi connectivity index (χ0n) is 16.1. The molecule has 5 nitrogen and oxygen atoms in total. The molecular weight excluding hydrogens is 292 g/mol. The Kier molecular flexibility index (Phi) is 6.90. The first kappa shape index (κ1) is 20.2. The van der Waals surface area contributed by atoms with Crippen molar-refractivity contribution in [3.63, 3.8) is 0 Å². The van der Waals surface area contributed by atoms with Crippen molar-refractivity contribution in [3.05, 3.63) is 0 Å². The number of carbonyl (C=O) groups is 1. The second kappa shape index (κ2) is 7.84. The van der Waals surface area contributed by atoms with Crippen molar-refractivity contribution >= 4 is 6.09 Å². The second-order valence-corrected chi connectivity index (χ2v) is 8.67. The molecule has 1 aliphatic heterocycles. The summed E-state index contributed by atoms with van der Waals surface area (Å²) < 4.78 is 10.9. The van der Waals surface area contributed by atoms with Gasteiger partial charge in [-0.15, -0.1) is 0 Å². The first-order valence-electron chi connectivity index (χ1n) is 8.70. The number of nitrogens with one attached hydrogen (secondary N) is 1. The van der Waals surface area contributed by atoms with Crippen molar-refractivity contribution in [2.24, 2.45) is 5.41 Å². The van der Waals surface area contributed by atoms with Gasteiger partial charge in [0.1, 0.15) is 5.60 Å². The van der Waals surface area contributed by atoms with Gasteiger partial charge in [0.25, 0.3) is 0 Å². The molecule has 0 aromatic heterocycles. The molecule has 23 heavy (non-hydrogen) atoms. The summed E-state index contributed by atoms with van der Waals surface area (Å²) in [5.41, 5.74) is -0.253. The van der Waals surface area contributed by atoms with Gasteiger partial charge in [0.15, 0.2) is 0 Å². The predicted octanol–water partition coefficient (Wildman–Crippen LogP) is 3.43. The van der Waals surface area contributed by atoms with Crippen molar-refractivity contribution < 1.29 is 14.3 Å². The zero-order valence-corrected chi connectivity index (χ0v) is 16.1. The third-order valence-corrected chi connectivity index (χ3v) is 4.63. The SMILES string of the molecule is COC(C)(C)CCNCC1(C)CCN(C(=O)OC(C)(C)C)CC1. The predicted molar refractivity (Wildman–Crippen MR) is 93.7 cm³/mol. The van der Waals surface area contributed by atoms with E-state index in [1.54, 1.807) is 7.11 Å². The Bertz CT molecular complexity index is 380. The van der Waals surface area contributed by atoms with Gasteiger partial charge in [-0.1, -0.05) is 6.92 Å². The van der Waals surface area contributed by atoms with Gasteiger partial charge in [0, 0.05) is 26.7 Å². The molecule has 0 unspecified atom stereocenters. The summed E-state index contributed by atoms with van der Waals surface area (Å²) in [5.74, 6) is 0. The van der Waals surface area contributed by atoms with E-state index in [0.29, 0.717) is 0 Å². The number of likely N-dealkylation sites (tertiary alicyclic amines) is 1. The molecule has 1 N–H and O–H groups in total. The maximum atomic E-state index is 12.1. The maximum absolute atomic E-state index is 12.1. The van der Waals surface area contributed by atoms with E-state index in [1.807, 2.05) is 25.7 Å². The number of rotatable bonds is 6. The number of nitrogens with zero attached hydrogens (tertiary/aromatic N) is 1. The fraction of sp³-hybridized carbons (Fsp3) is 0.944. The molecule has 1 rings (SSSR count). The molecule has 1 heterocycles. The van der Waals surface area contributed by atoms with Crippen LogP contribution in [0.3, 0.4) is 0 Å². The highest BCUT2D eigenvalue weighted by Crippen LogP contribution is 2.30. The van der Waals surface area contributed by atoms with Crippen LogP contribution in [0.4, 0.5) is 4.79 Å². The Morgan fingerprint density at radius 1 is 1.17 bits per heavy atom. The molecule has 0 aromatic carbocycles. The molecule has 0 aromatic rings. The van der Waals surface area contributed by atoms with Crippen LogP contribution in [-0.2, 0) is 9.47 Å². The van der Waals surface area contributed by atoms with E-state index in [0.717, 1.165) is 45.4 Å². The van der Waals surface area contributed by atoms with Gasteiger partial charge in [-0.2, -0.15) is 0 Å². The number of amides is 1. The highest BCUT2D eigenvalue weighted by atomic mass is 16.6. The monoisotopic (exact) mass is 328 g/mol. The van der Waals surface area contributed by atoms with E-state index in [-0.39, 0.29) is 17.1 Å². The summed E-state index contributed by atoms with van der Waals surface area (Å²) in [6.07, 6.45) is 2.82.